The Labute approximate surface area is 121 Å². The van der Waals surface area contributed by atoms with Crippen molar-refractivity contribution in [1.29, 1.82) is 0 Å². The fourth-order valence-corrected chi connectivity index (χ4v) is 2.51. The third-order valence-electron chi connectivity index (χ3n) is 4.10. The minimum atomic E-state index is -0.488. The Balaban J connectivity index is 2.11. The molecule has 0 bridgehead atoms. The van der Waals surface area contributed by atoms with Crippen molar-refractivity contribution in [2.75, 3.05) is 31.5 Å². The van der Waals surface area contributed by atoms with Crippen LogP contribution in [0.25, 0.3) is 0 Å². The van der Waals surface area contributed by atoms with Gasteiger partial charge in [0.1, 0.15) is 0 Å². The fraction of sp³-hybridized carbons (Fsp3) is 0.562. The first-order valence-electron chi connectivity index (χ1n) is 7.26. The van der Waals surface area contributed by atoms with Crippen LogP contribution < -0.4 is 10.6 Å². The predicted molar refractivity (Wildman–Crippen MR) is 83.1 cm³/mol. The number of hydrogen-bond donors (Lipinski definition) is 2. The highest BCUT2D eigenvalue weighted by molar-refractivity contribution is 5.98. The zero-order valence-electron chi connectivity index (χ0n) is 12.9. The number of anilines is 1. The molecule has 1 saturated heterocycles. The number of rotatable bonds is 3. The molecule has 0 aromatic heterocycles. The van der Waals surface area contributed by atoms with E-state index >= 15 is 0 Å². The molecule has 0 saturated carbocycles. The molecule has 1 fully saturated rings. The Morgan fingerprint density at radius 2 is 1.90 bits per heavy atom. The molecule has 0 atom stereocenters. The molecule has 20 heavy (non-hydrogen) atoms. The summed E-state index contributed by atoms with van der Waals surface area (Å²) in [6.07, 6.45) is 0. The van der Waals surface area contributed by atoms with E-state index in [0.29, 0.717) is 0 Å². The van der Waals surface area contributed by atoms with Gasteiger partial charge in [0, 0.05) is 31.9 Å². The van der Waals surface area contributed by atoms with E-state index in [0.717, 1.165) is 43.0 Å². The highest BCUT2D eigenvalue weighted by Gasteiger charge is 2.35. The van der Waals surface area contributed by atoms with Gasteiger partial charge in [-0.3, -0.25) is 9.69 Å². The number of carbonyl (C=O) groups is 1. The largest absolute Gasteiger partial charge is 0.324 e. The van der Waals surface area contributed by atoms with Gasteiger partial charge >= 0.3 is 0 Å². The lowest BCUT2D eigenvalue weighted by molar-refractivity contribution is -0.126. The zero-order valence-corrected chi connectivity index (χ0v) is 12.9. The number of aryl methyl sites for hydroxylation is 2. The van der Waals surface area contributed by atoms with Gasteiger partial charge in [0.05, 0.1) is 5.54 Å². The van der Waals surface area contributed by atoms with E-state index in [1.54, 1.807) is 0 Å². The molecule has 4 heteroatoms. The summed E-state index contributed by atoms with van der Waals surface area (Å²) >= 11 is 0. The van der Waals surface area contributed by atoms with Crippen molar-refractivity contribution in [1.82, 2.24) is 10.2 Å². The smallest absolute Gasteiger partial charge is 0.244 e. The fourth-order valence-electron chi connectivity index (χ4n) is 2.51. The molecule has 0 radical (unpaired) electrons. The normalized spacial score (nSPS) is 17.0. The highest BCUT2D eigenvalue weighted by atomic mass is 16.2. The summed E-state index contributed by atoms with van der Waals surface area (Å²) in [6.45, 7) is 11.8. The van der Waals surface area contributed by atoms with Crippen molar-refractivity contribution in [2.45, 2.75) is 33.2 Å². The van der Waals surface area contributed by atoms with E-state index in [2.05, 4.69) is 21.6 Å². The maximum Gasteiger partial charge on any atom is 0.244 e. The van der Waals surface area contributed by atoms with Crippen molar-refractivity contribution < 1.29 is 4.79 Å². The number of nitrogens with zero attached hydrogens (tertiary/aromatic N) is 1. The number of piperazine rings is 1. The molecule has 110 valence electrons. The van der Waals surface area contributed by atoms with Crippen LogP contribution in [0.1, 0.15) is 25.0 Å². The minimum absolute atomic E-state index is 0.0631. The maximum atomic E-state index is 12.6. The first kappa shape index (κ1) is 15.0. The Bertz CT molecular complexity index is 490. The zero-order chi connectivity index (χ0) is 14.8. The summed E-state index contributed by atoms with van der Waals surface area (Å²) in [6, 6.07) is 6.14. The van der Waals surface area contributed by atoms with Gasteiger partial charge in [-0.05, 0) is 44.9 Å². The SMILES string of the molecule is Cc1ccc(C)c(NC(=O)C(C)(C)N2CCNCC2)c1. The number of nitrogens with one attached hydrogen (secondary N) is 2. The van der Waals surface area contributed by atoms with Crippen LogP contribution in [0.2, 0.25) is 0 Å². The van der Waals surface area contributed by atoms with E-state index in [4.69, 9.17) is 0 Å². The van der Waals surface area contributed by atoms with Gasteiger partial charge in [-0.15, -0.1) is 0 Å². The number of amides is 1. The van der Waals surface area contributed by atoms with Crippen LogP contribution in [0, 0.1) is 13.8 Å². The molecule has 1 aliphatic heterocycles. The third-order valence-corrected chi connectivity index (χ3v) is 4.10. The summed E-state index contributed by atoms with van der Waals surface area (Å²) in [5.74, 6) is 0.0631. The van der Waals surface area contributed by atoms with Crippen LogP contribution >= 0.6 is 0 Å². The molecule has 4 nitrogen and oxygen atoms in total. The lowest BCUT2D eigenvalue weighted by Crippen LogP contribution is -2.58. The van der Waals surface area contributed by atoms with Crippen LogP contribution in [0.15, 0.2) is 18.2 Å². The predicted octanol–water partition coefficient (Wildman–Crippen LogP) is 1.93. The van der Waals surface area contributed by atoms with E-state index in [9.17, 15) is 4.79 Å². The molecule has 1 aromatic rings. The van der Waals surface area contributed by atoms with Gasteiger partial charge < -0.3 is 10.6 Å². The molecule has 2 N–H and O–H groups in total. The number of carbonyl (C=O) groups excluding carboxylic acids is 1. The van der Waals surface area contributed by atoms with Crippen molar-refractivity contribution in [3.63, 3.8) is 0 Å². The van der Waals surface area contributed by atoms with Gasteiger partial charge in [-0.2, -0.15) is 0 Å². The van der Waals surface area contributed by atoms with Gasteiger partial charge in [0.15, 0.2) is 0 Å². The van der Waals surface area contributed by atoms with Gasteiger partial charge in [-0.1, -0.05) is 12.1 Å². The van der Waals surface area contributed by atoms with E-state index in [-0.39, 0.29) is 5.91 Å². The Hall–Kier alpha value is -1.39. The van der Waals surface area contributed by atoms with Gasteiger partial charge in [-0.25, -0.2) is 0 Å². The molecular formula is C16H25N3O. The summed E-state index contributed by atoms with van der Waals surface area (Å²) in [5, 5.41) is 6.41. The Kier molecular flexibility index (Phi) is 4.45. The third kappa shape index (κ3) is 3.19. The average Bonchev–Trinajstić information content (AvgIpc) is 2.43. The molecule has 1 aliphatic rings. The topological polar surface area (TPSA) is 44.4 Å². The molecule has 0 aliphatic carbocycles. The average molecular weight is 275 g/mol. The first-order chi connectivity index (χ1) is 9.41. The second kappa shape index (κ2) is 5.94. The van der Waals surface area contributed by atoms with Crippen LogP contribution in [0.5, 0.6) is 0 Å². The van der Waals surface area contributed by atoms with Crippen molar-refractivity contribution in [3.8, 4) is 0 Å². The lowest BCUT2D eigenvalue weighted by Gasteiger charge is -2.39. The molecule has 0 unspecified atom stereocenters. The maximum absolute atomic E-state index is 12.6. The van der Waals surface area contributed by atoms with Gasteiger partial charge in [0.2, 0.25) is 5.91 Å². The van der Waals surface area contributed by atoms with Gasteiger partial charge in [0.25, 0.3) is 0 Å². The van der Waals surface area contributed by atoms with Crippen molar-refractivity contribution in [2.24, 2.45) is 0 Å². The van der Waals surface area contributed by atoms with E-state index < -0.39 is 5.54 Å². The van der Waals surface area contributed by atoms with E-state index in [1.165, 1.54) is 0 Å². The first-order valence-corrected chi connectivity index (χ1v) is 7.26. The Morgan fingerprint density at radius 3 is 2.55 bits per heavy atom. The monoisotopic (exact) mass is 275 g/mol. The van der Waals surface area contributed by atoms with E-state index in [1.807, 2.05) is 39.8 Å². The summed E-state index contributed by atoms with van der Waals surface area (Å²) < 4.78 is 0. The molecule has 2 rings (SSSR count). The van der Waals surface area contributed by atoms with Crippen LogP contribution in [0.4, 0.5) is 5.69 Å². The second-order valence-corrected chi connectivity index (χ2v) is 6.07. The van der Waals surface area contributed by atoms with Crippen molar-refractivity contribution >= 4 is 11.6 Å². The summed E-state index contributed by atoms with van der Waals surface area (Å²) in [5.41, 5.74) is 2.68. The molecule has 1 amide bonds. The molecular weight excluding hydrogens is 250 g/mol. The lowest BCUT2D eigenvalue weighted by atomic mass is 9.99. The Morgan fingerprint density at radius 1 is 1.25 bits per heavy atom. The highest BCUT2D eigenvalue weighted by Crippen LogP contribution is 2.21. The quantitative estimate of drug-likeness (QED) is 0.886. The van der Waals surface area contributed by atoms with Crippen LogP contribution in [-0.2, 0) is 4.79 Å². The standard InChI is InChI=1S/C16H25N3O/c1-12-5-6-13(2)14(11-12)18-15(20)16(3,4)19-9-7-17-8-10-19/h5-6,11,17H,7-10H2,1-4H3,(H,18,20). The number of benzene rings is 1. The number of hydrogen-bond acceptors (Lipinski definition) is 3. The second-order valence-electron chi connectivity index (χ2n) is 6.07. The minimum Gasteiger partial charge on any atom is -0.324 e. The molecule has 1 aromatic carbocycles. The summed E-state index contributed by atoms with van der Waals surface area (Å²) in [7, 11) is 0. The molecule has 0 spiro atoms. The summed E-state index contributed by atoms with van der Waals surface area (Å²) in [4.78, 5) is 14.9. The van der Waals surface area contributed by atoms with Crippen LogP contribution in [0.3, 0.4) is 0 Å². The molecule has 1 heterocycles. The van der Waals surface area contributed by atoms with Crippen LogP contribution in [-0.4, -0.2) is 42.5 Å². The van der Waals surface area contributed by atoms with Crippen molar-refractivity contribution in [3.05, 3.63) is 29.3 Å².